The Morgan fingerprint density at radius 2 is 2.21 bits per heavy atom. The molecule has 0 spiro atoms. The van der Waals surface area contributed by atoms with Crippen molar-refractivity contribution in [1.29, 1.82) is 0 Å². The quantitative estimate of drug-likeness (QED) is 0.766. The Morgan fingerprint density at radius 3 is 2.83 bits per heavy atom. The predicted octanol–water partition coefficient (Wildman–Crippen LogP) is 3.60. The number of thioether (sulfide) groups is 1. The highest BCUT2D eigenvalue weighted by atomic mass is 32.2. The fraction of sp³-hybridized carbons (Fsp3) is 0.471. The van der Waals surface area contributed by atoms with E-state index in [1.165, 1.54) is 23.1 Å². The number of carbonyl (C=O) groups excluding carboxylic acids is 2. The number of aliphatic imine (C=N–C) groups is 1. The van der Waals surface area contributed by atoms with Crippen LogP contribution in [0.5, 0.6) is 0 Å². The molecule has 1 aromatic rings. The molecule has 7 heteroatoms. The predicted molar refractivity (Wildman–Crippen MR) is 96.9 cm³/mol. The van der Waals surface area contributed by atoms with E-state index in [0.29, 0.717) is 23.0 Å². The Morgan fingerprint density at radius 1 is 1.46 bits per heavy atom. The second-order valence-electron chi connectivity index (χ2n) is 6.27. The number of hydrogen-bond acceptors (Lipinski definition) is 6. The van der Waals surface area contributed by atoms with Gasteiger partial charge in [-0.1, -0.05) is 31.7 Å². The maximum atomic E-state index is 12.7. The maximum absolute atomic E-state index is 12.7. The summed E-state index contributed by atoms with van der Waals surface area (Å²) in [6.45, 7) is 8.01. The van der Waals surface area contributed by atoms with Gasteiger partial charge >= 0.3 is 5.97 Å². The third-order valence-corrected chi connectivity index (χ3v) is 5.82. The van der Waals surface area contributed by atoms with Gasteiger partial charge in [0.15, 0.2) is 5.17 Å². The zero-order valence-electron chi connectivity index (χ0n) is 14.1. The summed E-state index contributed by atoms with van der Waals surface area (Å²) < 4.78 is 5.45. The molecule has 0 N–H and O–H groups in total. The van der Waals surface area contributed by atoms with Crippen molar-refractivity contribution in [2.75, 3.05) is 6.61 Å². The lowest BCUT2D eigenvalue weighted by Crippen LogP contribution is -2.40. The van der Waals surface area contributed by atoms with Crippen LogP contribution in [0.1, 0.15) is 38.6 Å². The van der Waals surface area contributed by atoms with Crippen molar-refractivity contribution in [3.63, 3.8) is 0 Å². The average molecular weight is 364 g/mol. The maximum Gasteiger partial charge on any atom is 0.338 e. The summed E-state index contributed by atoms with van der Waals surface area (Å²) in [4.78, 5) is 32.4. The van der Waals surface area contributed by atoms with Crippen molar-refractivity contribution in [3.8, 4) is 0 Å². The molecule has 3 heterocycles. The van der Waals surface area contributed by atoms with Crippen molar-refractivity contribution in [2.24, 2.45) is 10.9 Å². The third-order valence-electron chi connectivity index (χ3n) is 3.84. The number of esters is 1. The van der Waals surface area contributed by atoms with Crippen LogP contribution in [0.2, 0.25) is 0 Å². The Labute approximate surface area is 149 Å². The second kappa shape index (κ2) is 6.72. The van der Waals surface area contributed by atoms with Gasteiger partial charge in [0.2, 0.25) is 5.91 Å². The molecule has 0 bridgehead atoms. The van der Waals surface area contributed by atoms with Gasteiger partial charge in [0, 0.05) is 4.88 Å². The molecule has 1 aromatic heterocycles. The molecule has 0 unspecified atom stereocenters. The largest absolute Gasteiger partial charge is 0.462 e. The molecule has 0 saturated carbocycles. The highest BCUT2D eigenvalue weighted by Crippen LogP contribution is 2.44. The van der Waals surface area contributed by atoms with E-state index in [1.54, 1.807) is 4.90 Å². The highest BCUT2D eigenvalue weighted by Gasteiger charge is 2.46. The molecule has 1 amide bonds. The number of hydrogen-bond donors (Lipinski definition) is 0. The molecule has 1 saturated heterocycles. The number of nitrogens with zero attached hydrogens (tertiary/aromatic N) is 2. The number of carbonyl (C=O) groups is 2. The summed E-state index contributed by atoms with van der Waals surface area (Å²) in [6.07, 6.45) is 0. The summed E-state index contributed by atoms with van der Waals surface area (Å²) in [5.41, 5.74) is 1.09. The van der Waals surface area contributed by atoms with Crippen LogP contribution in [0.25, 0.3) is 0 Å². The normalized spacial score (nSPS) is 23.6. The number of amides is 1. The van der Waals surface area contributed by atoms with Crippen LogP contribution < -0.4 is 0 Å². The van der Waals surface area contributed by atoms with Gasteiger partial charge < -0.3 is 4.74 Å². The molecule has 2 aliphatic rings. The molecule has 3 rings (SSSR count). The van der Waals surface area contributed by atoms with Gasteiger partial charge in [-0.25, -0.2) is 9.79 Å². The lowest BCUT2D eigenvalue weighted by atomic mass is 10.00. The zero-order valence-corrected chi connectivity index (χ0v) is 15.7. The first-order chi connectivity index (χ1) is 11.4. The first-order valence-corrected chi connectivity index (χ1v) is 9.65. The molecular formula is C17H20N2O3S2. The minimum absolute atomic E-state index is 0.0150. The molecule has 0 aliphatic carbocycles. The van der Waals surface area contributed by atoms with E-state index in [-0.39, 0.29) is 23.0 Å². The number of rotatable bonds is 4. The van der Waals surface area contributed by atoms with Crippen molar-refractivity contribution < 1.29 is 14.3 Å². The van der Waals surface area contributed by atoms with Crippen LogP contribution in [0.15, 0.2) is 33.8 Å². The first kappa shape index (κ1) is 17.2. The topological polar surface area (TPSA) is 59.0 Å². The molecular weight excluding hydrogens is 344 g/mol. The Bertz CT molecular complexity index is 722. The SMILES string of the molecule is CC1=C(C(=O)OCC(C)C)[C@@H](c2cccs2)N2C(=O)[C@H](C)SC2=N1. The second-order valence-corrected chi connectivity index (χ2v) is 8.56. The lowest BCUT2D eigenvalue weighted by molar-refractivity contribution is -0.141. The van der Waals surface area contributed by atoms with Gasteiger partial charge in [0.1, 0.15) is 6.04 Å². The molecule has 0 radical (unpaired) electrons. The average Bonchev–Trinajstić information content (AvgIpc) is 3.13. The van der Waals surface area contributed by atoms with Crippen LogP contribution in [-0.4, -0.2) is 33.8 Å². The van der Waals surface area contributed by atoms with E-state index in [2.05, 4.69) is 4.99 Å². The Balaban J connectivity index is 2.03. The van der Waals surface area contributed by atoms with Crippen LogP contribution in [-0.2, 0) is 14.3 Å². The standard InChI is InChI=1S/C17H20N2O3S2/c1-9(2)8-22-16(21)13-10(3)18-17-19(15(20)11(4)24-17)14(13)12-6-5-7-23-12/h5-7,9,11,14H,8H2,1-4H3/t11-,14+/m0/s1. The summed E-state index contributed by atoms with van der Waals surface area (Å²) in [7, 11) is 0. The smallest absolute Gasteiger partial charge is 0.338 e. The summed E-state index contributed by atoms with van der Waals surface area (Å²) >= 11 is 2.97. The highest BCUT2D eigenvalue weighted by molar-refractivity contribution is 8.15. The fourth-order valence-corrected chi connectivity index (χ4v) is 4.55. The van der Waals surface area contributed by atoms with E-state index in [0.717, 1.165) is 4.88 Å². The Kier molecular flexibility index (Phi) is 4.83. The monoisotopic (exact) mass is 364 g/mol. The van der Waals surface area contributed by atoms with Crippen LogP contribution in [0, 0.1) is 5.92 Å². The fourth-order valence-electron chi connectivity index (χ4n) is 2.70. The molecule has 5 nitrogen and oxygen atoms in total. The molecule has 2 aliphatic heterocycles. The third kappa shape index (κ3) is 3.02. The van der Waals surface area contributed by atoms with E-state index >= 15 is 0 Å². The lowest BCUT2D eigenvalue weighted by Gasteiger charge is -2.32. The van der Waals surface area contributed by atoms with E-state index in [4.69, 9.17) is 4.74 Å². The minimum Gasteiger partial charge on any atom is -0.462 e. The van der Waals surface area contributed by atoms with Gasteiger partial charge in [-0.3, -0.25) is 9.69 Å². The molecule has 128 valence electrons. The van der Waals surface area contributed by atoms with Gasteiger partial charge in [0.25, 0.3) is 0 Å². The van der Waals surface area contributed by atoms with Crippen molar-refractivity contribution >= 4 is 40.1 Å². The van der Waals surface area contributed by atoms with Crippen LogP contribution in [0.4, 0.5) is 0 Å². The van der Waals surface area contributed by atoms with Gasteiger partial charge in [-0.2, -0.15) is 0 Å². The van der Waals surface area contributed by atoms with Crippen LogP contribution in [0.3, 0.4) is 0 Å². The van der Waals surface area contributed by atoms with Crippen molar-refractivity contribution in [1.82, 2.24) is 4.90 Å². The van der Waals surface area contributed by atoms with Gasteiger partial charge in [0.05, 0.1) is 23.1 Å². The minimum atomic E-state index is -0.442. The van der Waals surface area contributed by atoms with E-state index in [9.17, 15) is 9.59 Å². The molecule has 0 aromatic carbocycles. The van der Waals surface area contributed by atoms with Gasteiger partial charge in [-0.15, -0.1) is 11.3 Å². The van der Waals surface area contributed by atoms with Crippen molar-refractivity contribution in [2.45, 2.75) is 39.0 Å². The number of fused-ring (bicyclic) bond motifs is 1. The molecule has 1 fully saturated rings. The summed E-state index contributed by atoms with van der Waals surface area (Å²) in [5, 5.41) is 2.43. The van der Waals surface area contributed by atoms with E-state index in [1.807, 2.05) is 45.2 Å². The summed E-state index contributed by atoms with van der Waals surface area (Å²) in [5.74, 6) is -0.153. The van der Waals surface area contributed by atoms with Crippen LogP contribution >= 0.6 is 23.1 Å². The number of allylic oxidation sites excluding steroid dienone is 1. The molecule has 2 atom stereocenters. The van der Waals surface area contributed by atoms with Crippen molar-refractivity contribution in [3.05, 3.63) is 33.7 Å². The molecule has 24 heavy (non-hydrogen) atoms. The number of thiophene rings is 1. The van der Waals surface area contributed by atoms with E-state index < -0.39 is 6.04 Å². The Hall–Kier alpha value is -1.60. The zero-order chi connectivity index (χ0) is 17.4. The summed E-state index contributed by atoms with van der Waals surface area (Å²) in [6, 6.07) is 3.43. The number of amidine groups is 1. The number of ether oxygens (including phenoxy) is 1. The first-order valence-electron chi connectivity index (χ1n) is 7.89. The van der Waals surface area contributed by atoms with Gasteiger partial charge in [-0.05, 0) is 31.2 Å².